The number of amides is 1. The van der Waals surface area contributed by atoms with Gasteiger partial charge in [0.2, 0.25) is 0 Å². The summed E-state index contributed by atoms with van der Waals surface area (Å²) in [5, 5.41) is 0. The highest BCUT2D eigenvalue weighted by Gasteiger charge is 2.37. The lowest BCUT2D eigenvalue weighted by atomic mass is 10.1. The summed E-state index contributed by atoms with van der Waals surface area (Å²) < 4.78 is 0. The fourth-order valence-corrected chi connectivity index (χ4v) is 4.13. The van der Waals surface area contributed by atoms with E-state index in [2.05, 4.69) is 24.8 Å². The Kier molecular flexibility index (Phi) is 4.16. The monoisotopic (exact) mass is 291 g/mol. The maximum Gasteiger partial charge on any atom is 0.264 e. The van der Waals surface area contributed by atoms with Crippen molar-refractivity contribution in [3.05, 3.63) is 21.4 Å². The highest BCUT2D eigenvalue weighted by atomic mass is 32.1. The molecule has 0 aromatic carbocycles. The summed E-state index contributed by atoms with van der Waals surface area (Å²) in [5.74, 6) is 1.10. The van der Waals surface area contributed by atoms with Crippen LogP contribution in [0.4, 0.5) is 0 Å². The highest BCUT2D eigenvalue weighted by Crippen LogP contribution is 2.36. The van der Waals surface area contributed by atoms with Crippen molar-refractivity contribution in [3.63, 3.8) is 0 Å². The van der Waals surface area contributed by atoms with Crippen LogP contribution < -0.4 is 0 Å². The second-order valence-electron chi connectivity index (χ2n) is 6.29. The zero-order valence-corrected chi connectivity index (χ0v) is 13.5. The van der Waals surface area contributed by atoms with Gasteiger partial charge in [0.25, 0.3) is 5.91 Å². The molecular weight excluding hydrogens is 266 g/mol. The summed E-state index contributed by atoms with van der Waals surface area (Å²) in [5.41, 5.74) is 1.39. The van der Waals surface area contributed by atoms with Crippen LogP contribution in [0.15, 0.2) is 6.07 Å². The molecule has 1 aromatic rings. The fraction of sp³-hybridized carbons (Fsp3) is 0.706. The van der Waals surface area contributed by atoms with Crippen molar-refractivity contribution >= 4 is 17.2 Å². The van der Waals surface area contributed by atoms with Crippen molar-refractivity contribution < 1.29 is 4.79 Å². The van der Waals surface area contributed by atoms with E-state index in [1.165, 1.54) is 36.1 Å². The molecule has 0 radical (unpaired) electrons. The quantitative estimate of drug-likeness (QED) is 0.734. The molecule has 3 heteroatoms. The molecule has 0 bridgehead atoms. The lowest BCUT2D eigenvalue weighted by Crippen LogP contribution is -2.34. The first-order chi connectivity index (χ1) is 9.72. The minimum atomic E-state index is 0.307. The average Bonchev–Trinajstić information content (AvgIpc) is 3.34. The van der Waals surface area contributed by atoms with Gasteiger partial charge in [-0.15, -0.1) is 11.3 Å². The highest BCUT2D eigenvalue weighted by molar-refractivity contribution is 7.14. The van der Waals surface area contributed by atoms with Gasteiger partial charge in [-0.05, 0) is 56.1 Å². The maximum atomic E-state index is 12.8. The van der Waals surface area contributed by atoms with E-state index in [4.69, 9.17) is 0 Å². The largest absolute Gasteiger partial charge is 0.335 e. The van der Waals surface area contributed by atoms with Crippen molar-refractivity contribution in [2.75, 3.05) is 6.54 Å². The third-order valence-corrected chi connectivity index (χ3v) is 5.59. The number of carbonyl (C=O) groups excluding carboxylic acids is 1. The van der Waals surface area contributed by atoms with Gasteiger partial charge in [0.05, 0.1) is 4.88 Å². The molecule has 0 unspecified atom stereocenters. The standard InChI is InChI=1S/C17H25NOS/c1-3-5-15-13(4-2)10-16(20-15)17(19)18(14-8-9-14)11-12-6-7-12/h10,12,14H,3-9,11H2,1-2H3. The van der Waals surface area contributed by atoms with E-state index in [-0.39, 0.29) is 0 Å². The molecule has 1 heterocycles. The smallest absolute Gasteiger partial charge is 0.264 e. The molecule has 0 atom stereocenters. The first-order valence-electron chi connectivity index (χ1n) is 8.15. The maximum absolute atomic E-state index is 12.8. The SMILES string of the molecule is CCCc1sc(C(=O)N(CC2CC2)C2CC2)cc1CC. The lowest BCUT2D eigenvalue weighted by Gasteiger charge is -2.21. The molecule has 20 heavy (non-hydrogen) atoms. The fourth-order valence-electron chi connectivity index (χ4n) is 2.81. The van der Waals surface area contributed by atoms with Crippen LogP contribution >= 0.6 is 11.3 Å². The third-order valence-electron chi connectivity index (χ3n) is 4.37. The number of carbonyl (C=O) groups is 1. The van der Waals surface area contributed by atoms with Crippen LogP contribution in [0.25, 0.3) is 0 Å². The Bertz CT molecular complexity index is 485. The molecule has 2 aliphatic rings. The van der Waals surface area contributed by atoms with Crippen molar-refractivity contribution in [2.45, 2.75) is 64.8 Å². The van der Waals surface area contributed by atoms with Crippen LogP contribution in [0, 0.1) is 5.92 Å². The predicted octanol–water partition coefficient (Wildman–Crippen LogP) is 4.28. The van der Waals surface area contributed by atoms with Crippen LogP contribution in [0.3, 0.4) is 0 Å². The molecule has 1 amide bonds. The molecule has 2 fully saturated rings. The Labute approximate surface area is 126 Å². The van der Waals surface area contributed by atoms with E-state index in [1.807, 2.05) is 0 Å². The van der Waals surface area contributed by atoms with Crippen molar-refractivity contribution in [3.8, 4) is 0 Å². The summed E-state index contributed by atoms with van der Waals surface area (Å²) >= 11 is 1.75. The van der Waals surface area contributed by atoms with Gasteiger partial charge in [0, 0.05) is 17.5 Å². The molecule has 0 aliphatic heterocycles. The Morgan fingerprint density at radius 1 is 1.30 bits per heavy atom. The van der Waals surface area contributed by atoms with Crippen LogP contribution in [-0.4, -0.2) is 23.4 Å². The Hall–Kier alpha value is -0.830. The van der Waals surface area contributed by atoms with E-state index < -0.39 is 0 Å². The molecule has 3 rings (SSSR count). The molecule has 0 spiro atoms. The molecule has 0 saturated heterocycles. The third kappa shape index (κ3) is 3.08. The van der Waals surface area contributed by atoms with Crippen LogP contribution in [0.2, 0.25) is 0 Å². The number of hydrogen-bond donors (Lipinski definition) is 0. The number of aryl methyl sites for hydroxylation is 2. The summed E-state index contributed by atoms with van der Waals surface area (Å²) in [7, 11) is 0. The molecular formula is C17H25NOS. The van der Waals surface area contributed by atoms with Crippen LogP contribution in [0.5, 0.6) is 0 Å². The first-order valence-corrected chi connectivity index (χ1v) is 8.97. The molecule has 2 aliphatic carbocycles. The van der Waals surface area contributed by atoms with Gasteiger partial charge in [0.1, 0.15) is 0 Å². The van der Waals surface area contributed by atoms with Crippen LogP contribution in [-0.2, 0) is 12.8 Å². The van der Waals surface area contributed by atoms with Crippen molar-refractivity contribution in [2.24, 2.45) is 5.92 Å². The summed E-state index contributed by atoms with van der Waals surface area (Å²) in [6.45, 7) is 5.41. The summed E-state index contributed by atoms with van der Waals surface area (Å²) in [4.78, 5) is 17.4. The second kappa shape index (κ2) is 5.88. The normalized spacial score (nSPS) is 18.3. The van der Waals surface area contributed by atoms with Crippen molar-refractivity contribution in [1.82, 2.24) is 4.90 Å². The number of hydrogen-bond acceptors (Lipinski definition) is 2. The average molecular weight is 291 g/mol. The minimum Gasteiger partial charge on any atom is -0.335 e. The van der Waals surface area contributed by atoms with Gasteiger partial charge in [-0.2, -0.15) is 0 Å². The molecule has 0 N–H and O–H groups in total. The Morgan fingerprint density at radius 3 is 2.60 bits per heavy atom. The van der Waals surface area contributed by atoms with Crippen molar-refractivity contribution in [1.29, 1.82) is 0 Å². The van der Waals surface area contributed by atoms with Gasteiger partial charge in [0.15, 0.2) is 0 Å². The Balaban J connectivity index is 1.77. The van der Waals surface area contributed by atoms with Gasteiger partial charge in [-0.1, -0.05) is 20.3 Å². The molecule has 2 nitrogen and oxygen atoms in total. The van der Waals surface area contributed by atoms with E-state index in [1.54, 1.807) is 11.3 Å². The zero-order chi connectivity index (χ0) is 14.1. The zero-order valence-electron chi connectivity index (χ0n) is 12.7. The molecule has 2 saturated carbocycles. The number of nitrogens with zero attached hydrogens (tertiary/aromatic N) is 1. The Morgan fingerprint density at radius 2 is 2.05 bits per heavy atom. The lowest BCUT2D eigenvalue weighted by molar-refractivity contribution is 0.0739. The van der Waals surface area contributed by atoms with E-state index in [9.17, 15) is 4.79 Å². The van der Waals surface area contributed by atoms with Gasteiger partial charge in [-0.3, -0.25) is 4.79 Å². The molecule has 1 aromatic heterocycles. The van der Waals surface area contributed by atoms with Crippen LogP contribution in [0.1, 0.15) is 66.1 Å². The topological polar surface area (TPSA) is 20.3 Å². The number of thiophene rings is 1. The van der Waals surface area contributed by atoms with E-state index in [0.717, 1.165) is 36.6 Å². The van der Waals surface area contributed by atoms with Gasteiger partial charge in [-0.25, -0.2) is 0 Å². The first kappa shape index (κ1) is 14.1. The van der Waals surface area contributed by atoms with Gasteiger partial charge < -0.3 is 4.90 Å². The molecule has 110 valence electrons. The predicted molar refractivity (Wildman–Crippen MR) is 84.5 cm³/mol. The van der Waals surface area contributed by atoms with Gasteiger partial charge >= 0.3 is 0 Å². The summed E-state index contributed by atoms with van der Waals surface area (Å²) in [6, 6.07) is 2.71. The minimum absolute atomic E-state index is 0.307. The second-order valence-corrected chi connectivity index (χ2v) is 7.43. The van der Waals surface area contributed by atoms with E-state index >= 15 is 0 Å². The number of rotatable bonds is 7. The van der Waals surface area contributed by atoms with E-state index in [0.29, 0.717) is 11.9 Å². The summed E-state index contributed by atoms with van der Waals surface area (Å²) in [6.07, 6.45) is 8.40.